The molecule has 2 aromatic heterocycles. The number of fused-ring (bicyclic) bond motifs is 1. The molecule has 0 unspecified atom stereocenters. The predicted octanol–water partition coefficient (Wildman–Crippen LogP) is 2.97. The Balaban J connectivity index is 2.00. The first-order valence-corrected chi connectivity index (χ1v) is 6.56. The van der Waals surface area contributed by atoms with Crippen LogP contribution in [0.5, 0.6) is 0 Å². The van der Waals surface area contributed by atoms with Crippen LogP contribution in [0.3, 0.4) is 0 Å². The van der Waals surface area contributed by atoms with E-state index in [9.17, 15) is 0 Å². The molecule has 2 heterocycles. The molecule has 0 aliphatic carbocycles. The normalized spacial score (nSPS) is 10.7. The van der Waals surface area contributed by atoms with E-state index in [0.29, 0.717) is 0 Å². The summed E-state index contributed by atoms with van der Waals surface area (Å²) in [4.78, 5) is 15.1. The minimum atomic E-state index is 0.723. The maximum atomic E-state index is 4.48. The van der Waals surface area contributed by atoms with Gasteiger partial charge in [0.1, 0.15) is 0 Å². The van der Waals surface area contributed by atoms with Gasteiger partial charge in [-0.1, -0.05) is 18.2 Å². The summed E-state index contributed by atoms with van der Waals surface area (Å²) in [7, 11) is 2.06. The molecule has 0 N–H and O–H groups in total. The Bertz CT molecular complexity index is 725. The van der Waals surface area contributed by atoms with Gasteiger partial charge in [-0.25, -0.2) is 0 Å². The maximum absolute atomic E-state index is 4.48. The Hall–Kier alpha value is -2.49. The van der Waals surface area contributed by atoms with E-state index in [-0.39, 0.29) is 0 Å². The number of aryl methyl sites for hydroxylation is 1. The standard InChI is InChI=1S/C16H16N4/c1-12-4-3-5-14-15(6-7-19-16(12)14)20(2)11-13-10-17-8-9-18-13/h3-10H,11H2,1-2H3. The van der Waals surface area contributed by atoms with E-state index in [1.807, 2.05) is 12.3 Å². The lowest BCUT2D eigenvalue weighted by Crippen LogP contribution is -2.17. The molecule has 3 rings (SSSR count). The van der Waals surface area contributed by atoms with E-state index in [1.54, 1.807) is 18.6 Å². The van der Waals surface area contributed by atoms with Crippen LogP contribution in [-0.2, 0) is 6.54 Å². The number of pyridine rings is 1. The second-order valence-corrected chi connectivity index (χ2v) is 4.85. The van der Waals surface area contributed by atoms with Crippen molar-refractivity contribution in [2.45, 2.75) is 13.5 Å². The largest absolute Gasteiger partial charge is 0.368 e. The van der Waals surface area contributed by atoms with Crippen LogP contribution in [0.2, 0.25) is 0 Å². The molecule has 0 bridgehead atoms. The smallest absolute Gasteiger partial charge is 0.0779 e. The molecule has 3 aromatic rings. The second-order valence-electron chi connectivity index (χ2n) is 4.85. The van der Waals surface area contributed by atoms with Gasteiger partial charge < -0.3 is 4.90 Å². The number of hydrogen-bond donors (Lipinski definition) is 0. The Morgan fingerprint density at radius 3 is 2.75 bits per heavy atom. The molecule has 0 spiro atoms. The van der Waals surface area contributed by atoms with Crippen LogP contribution in [0.15, 0.2) is 49.1 Å². The van der Waals surface area contributed by atoms with Gasteiger partial charge in [0.25, 0.3) is 0 Å². The molecule has 0 saturated heterocycles. The molecule has 0 radical (unpaired) electrons. The predicted molar refractivity (Wildman–Crippen MR) is 80.6 cm³/mol. The third-order valence-corrected chi connectivity index (χ3v) is 3.38. The van der Waals surface area contributed by atoms with Crippen molar-refractivity contribution in [3.63, 3.8) is 0 Å². The Morgan fingerprint density at radius 1 is 1.05 bits per heavy atom. The summed E-state index contributed by atoms with van der Waals surface area (Å²) in [6, 6.07) is 8.30. The van der Waals surface area contributed by atoms with Crippen LogP contribution in [0.25, 0.3) is 10.9 Å². The molecule has 0 fully saturated rings. The van der Waals surface area contributed by atoms with E-state index in [4.69, 9.17) is 0 Å². The fourth-order valence-corrected chi connectivity index (χ4v) is 2.38. The quantitative estimate of drug-likeness (QED) is 0.729. The summed E-state index contributed by atoms with van der Waals surface area (Å²) in [5.41, 5.74) is 4.35. The van der Waals surface area contributed by atoms with E-state index >= 15 is 0 Å². The average Bonchev–Trinajstić information content (AvgIpc) is 2.48. The van der Waals surface area contributed by atoms with Crippen LogP contribution in [-0.4, -0.2) is 22.0 Å². The molecule has 4 nitrogen and oxygen atoms in total. The van der Waals surface area contributed by atoms with Crippen molar-refractivity contribution in [3.8, 4) is 0 Å². The molecule has 0 atom stereocenters. The number of anilines is 1. The third-order valence-electron chi connectivity index (χ3n) is 3.38. The van der Waals surface area contributed by atoms with Crippen LogP contribution in [0.4, 0.5) is 5.69 Å². The Kier molecular flexibility index (Phi) is 3.29. The second kappa shape index (κ2) is 5.25. The maximum Gasteiger partial charge on any atom is 0.0779 e. The number of benzene rings is 1. The van der Waals surface area contributed by atoms with E-state index in [0.717, 1.165) is 23.4 Å². The van der Waals surface area contributed by atoms with Crippen LogP contribution < -0.4 is 4.90 Å². The minimum Gasteiger partial charge on any atom is -0.368 e. The lowest BCUT2D eigenvalue weighted by molar-refractivity contribution is 0.876. The molecule has 0 saturated carbocycles. The molecule has 20 heavy (non-hydrogen) atoms. The first kappa shape index (κ1) is 12.5. The summed E-state index contributed by atoms with van der Waals surface area (Å²) in [6.07, 6.45) is 7.07. The molecule has 1 aromatic carbocycles. The molecule has 0 aliphatic rings. The lowest BCUT2D eigenvalue weighted by Gasteiger charge is -2.20. The molecule has 0 aliphatic heterocycles. The van der Waals surface area contributed by atoms with Crippen molar-refractivity contribution in [2.24, 2.45) is 0 Å². The highest BCUT2D eigenvalue weighted by atomic mass is 15.1. The Morgan fingerprint density at radius 2 is 1.95 bits per heavy atom. The van der Waals surface area contributed by atoms with Crippen molar-refractivity contribution in [1.82, 2.24) is 15.0 Å². The first-order valence-electron chi connectivity index (χ1n) is 6.56. The van der Waals surface area contributed by atoms with Gasteiger partial charge in [-0.3, -0.25) is 15.0 Å². The van der Waals surface area contributed by atoms with Gasteiger partial charge >= 0.3 is 0 Å². The van der Waals surface area contributed by atoms with Crippen molar-refractivity contribution in [2.75, 3.05) is 11.9 Å². The monoisotopic (exact) mass is 264 g/mol. The van der Waals surface area contributed by atoms with Gasteiger partial charge in [-0.15, -0.1) is 0 Å². The van der Waals surface area contributed by atoms with Crippen molar-refractivity contribution < 1.29 is 0 Å². The number of hydrogen-bond acceptors (Lipinski definition) is 4. The van der Waals surface area contributed by atoms with Crippen LogP contribution in [0.1, 0.15) is 11.3 Å². The summed E-state index contributed by atoms with van der Waals surface area (Å²) in [6.45, 7) is 2.81. The SMILES string of the molecule is Cc1cccc2c(N(C)Cc3cnccn3)ccnc12. The van der Waals surface area contributed by atoms with E-state index in [2.05, 4.69) is 52.0 Å². The van der Waals surface area contributed by atoms with Gasteiger partial charge in [0.15, 0.2) is 0 Å². The van der Waals surface area contributed by atoms with Crippen LogP contribution in [0, 0.1) is 6.92 Å². The first-order chi connectivity index (χ1) is 9.75. The molecular formula is C16H16N4. The number of aromatic nitrogens is 3. The topological polar surface area (TPSA) is 41.9 Å². The van der Waals surface area contributed by atoms with E-state index in [1.165, 1.54) is 10.9 Å². The van der Waals surface area contributed by atoms with Gasteiger partial charge in [0.2, 0.25) is 0 Å². The zero-order valence-electron chi connectivity index (χ0n) is 11.6. The zero-order chi connectivity index (χ0) is 13.9. The van der Waals surface area contributed by atoms with Crippen molar-refractivity contribution >= 4 is 16.6 Å². The van der Waals surface area contributed by atoms with Crippen LogP contribution >= 0.6 is 0 Å². The lowest BCUT2D eigenvalue weighted by atomic mass is 10.1. The zero-order valence-corrected chi connectivity index (χ0v) is 11.6. The number of rotatable bonds is 3. The minimum absolute atomic E-state index is 0.723. The van der Waals surface area contributed by atoms with E-state index < -0.39 is 0 Å². The molecule has 100 valence electrons. The summed E-state index contributed by atoms with van der Waals surface area (Å²) < 4.78 is 0. The van der Waals surface area contributed by atoms with Gasteiger partial charge in [-0.2, -0.15) is 0 Å². The van der Waals surface area contributed by atoms with Crippen molar-refractivity contribution in [1.29, 1.82) is 0 Å². The highest BCUT2D eigenvalue weighted by Crippen LogP contribution is 2.26. The van der Waals surface area contributed by atoms with Gasteiger partial charge in [0.05, 0.1) is 24.0 Å². The molecule has 4 heteroatoms. The van der Waals surface area contributed by atoms with Crippen molar-refractivity contribution in [3.05, 3.63) is 60.3 Å². The summed E-state index contributed by atoms with van der Waals surface area (Å²) >= 11 is 0. The van der Waals surface area contributed by atoms with Gasteiger partial charge in [0, 0.05) is 36.7 Å². The third kappa shape index (κ3) is 2.32. The highest BCUT2D eigenvalue weighted by molar-refractivity contribution is 5.93. The fourth-order valence-electron chi connectivity index (χ4n) is 2.38. The highest BCUT2D eigenvalue weighted by Gasteiger charge is 2.09. The molecule has 0 amide bonds. The summed E-state index contributed by atoms with van der Waals surface area (Å²) in [5.74, 6) is 0. The number of para-hydroxylation sites is 1. The van der Waals surface area contributed by atoms with Gasteiger partial charge in [-0.05, 0) is 18.6 Å². The summed E-state index contributed by atoms with van der Waals surface area (Å²) in [5, 5.41) is 1.17. The fraction of sp³-hybridized carbons (Fsp3) is 0.188. The Labute approximate surface area is 118 Å². The molecular weight excluding hydrogens is 248 g/mol. The average molecular weight is 264 g/mol. The number of nitrogens with zero attached hydrogens (tertiary/aromatic N) is 4.